The fraction of sp³-hybridized carbons (Fsp3) is 0.278. The first-order valence-electron chi connectivity index (χ1n) is 7.58. The van der Waals surface area contributed by atoms with E-state index in [-0.39, 0.29) is 11.4 Å². The van der Waals surface area contributed by atoms with Crippen LogP contribution in [-0.4, -0.2) is 20.7 Å². The normalized spacial score (nSPS) is 11.7. The summed E-state index contributed by atoms with van der Waals surface area (Å²) in [6.07, 6.45) is 1.61. The van der Waals surface area contributed by atoms with Crippen molar-refractivity contribution >= 4 is 22.6 Å². The Labute approximate surface area is 135 Å². The Bertz CT molecular complexity index is 874. The first-order chi connectivity index (χ1) is 10.9. The van der Waals surface area contributed by atoms with Gasteiger partial charge in [0.2, 0.25) is 0 Å². The molecule has 0 radical (unpaired) electrons. The van der Waals surface area contributed by atoms with E-state index in [9.17, 15) is 4.79 Å². The van der Waals surface area contributed by atoms with Crippen LogP contribution in [-0.2, 0) is 5.54 Å². The summed E-state index contributed by atoms with van der Waals surface area (Å²) in [5.74, 6) is 0.345. The second-order valence-corrected chi connectivity index (χ2v) is 6.57. The number of nitrogens with one attached hydrogen (secondary N) is 1. The second-order valence-electron chi connectivity index (χ2n) is 6.57. The highest BCUT2D eigenvalue weighted by atomic mass is 16.1. The topological polar surface area (TPSA) is 59.8 Å². The fourth-order valence-corrected chi connectivity index (χ4v) is 2.63. The lowest BCUT2D eigenvalue weighted by molar-refractivity contribution is 0.102. The predicted molar refractivity (Wildman–Crippen MR) is 91.7 cm³/mol. The van der Waals surface area contributed by atoms with E-state index in [0.717, 1.165) is 16.6 Å². The number of anilines is 1. The Morgan fingerprint density at radius 2 is 1.87 bits per heavy atom. The van der Waals surface area contributed by atoms with Gasteiger partial charge in [-0.3, -0.25) is 9.48 Å². The van der Waals surface area contributed by atoms with E-state index in [1.54, 1.807) is 6.20 Å². The molecule has 0 bridgehead atoms. The summed E-state index contributed by atoms with van der Waals surface area (Å²) in [6.45, 7) is 8.07. The number of amides is 1. The Balaban J connectivity index is 1.87. The molecule has 2 heterocycles. The van der Waals surface area contributed by atoms with Crippen molar-refractivity contribution in [2.24, 2.45) is 0 Å². The van der Waals surface area contributed by atoms with Gasteiger partial charge in [-0.05, 0) is 45.9 Å². The molecule has 23 heavy (non-hydrogen) atoms. The van der Waals surface area contributed by atoms with Gasteiger partial charge in [0.05, 0.1) is 22.8 Å². The van der Waals surface area contributed by atoms with Crippen LogP contribution < -0.4 is 5.32 Å². The van der Waals surface area contributed by atoms with Gasteiger partial charge in [-0.2, -0.15) is 5.10 Å². The van der Waals surface area contributed by atoms with Crippen molar-refractivity contribution in [2.45, 2.75) is 33.2 Å². The van der Waals surface area contributed by atoms with Crippen molar-refractivity contribution in [3.63, 3.8) is 0 Å². The van der Waals surface area contributed by atoms with Crippen LogP contribution in [0.3, 0.4) is 0 Å². The van der Waals surface area contributed by atoms with Crippen molar-refractivity contribution < 1.29 is 4.79 Å². The zero-order chi connectivity index (χ0) is 16.6. The third-order valence-electron chi connectivity index (χ3n) is 3.73. The molecule has 5 heteroatoms. The van der Waals surface area contributed by atoms with Crippen LogP contribution in [0, 0.1) is 6.92 Å². The number of fused-ring (bicyclic) bond motifs is 1. The van der Waals surface area contributed by atoms with Crippen molar-refractivity contribution in [1.29, 1.82) is 0 Å². The van der Waals surface area contributed by atoms with E-state index in [2.05, 4.69) is 36.2 Å². The van der Waals surface area contributed by atoms with Crippen molar-refractivity contribution in [3.05, 3.63) is 53.9 Å². The van der Waals surface area contributed by atoms with Gasteiger partial charge >= 0.3 is 0 Å². The molecule has 5 nitrogen and oxygen atoms in total. The number of carbonyl (C=O) groups excluding carboxylic acids is 1. The molecule has 1 aromatic carbocycles. The lowest BCUT2D eigenvalue weighted by Gasteiger charge is -2.21. The minimum Gasteiger partial charge on any atom is -0.306 e. The highest BCUT2D eigenvalue weighted by Crippen LogP contribution is 2.20. The van der Waals surface area contributed by atoms with Gasteiger partial charge in [0.15, 0.2) is 0 Å². The second kappa shape index (κ2) is 5.50. The monoisotopic (exact) mass is 308 g/mol. The van der Waals surface area contributed by atoms with E-state index >= 15 is 0 Å². The quantitative estimate of drug-likeness (QED) is 0.784. The zero-order valence-corrected chi connectivity index (χ0v) is 13.8. The number of carbonyl (C=O) groups is 1. The SMILES string of the molecule is Cc1c(C(=O)Nc2ccc3ccccc3n2)cnn1C(C)(C)C. The van der Waals surface area contributed by atoms with Gasteiger partial charge in [-0.15, -0.1) is 0 Å². The molecule has 0 saturated carbocycles. The minimum atomic E-state index is -0.194. The molecule has 3 aromatic rings. The summed E-state index contributed by atoms with van der Waals surface area (Å²) in [7, 11) is 0. The van der Waals surface area contributed by atoms with E-state index in [1.165, 1.54) is 0 Å². The molecule has 0 atom stereocenters. The number of hydrogen-bond acceptors (Lipinski definition) is 3. The zero-order valence-electron chi connectivity index (χ0n) is 13.8. The van der Waals surface area contributed by atoms with Crippen LogP contribution in [0.2, 0.25) is 0 Å². The van der Waals surface area contributed by atoms with Crippen LogP contribution in [0.4, 0.5) is 5.82 Å². The number of para-hydroxylation sites is 1. The lowest BCUT2D eigenvalue weighted by atomic mass is 10.1. The maximum absolute atomic E-state index is 12.5. The average molecular weight is 308 g/mol. The summed E-state index contributed by atoms with van der Waals surface area (Å²) in [5, 5.41) is 8.23. The molecule has 0 spiro atoms. The van der Waals surface area contributed by atoms with Crippen LogP contribution in [0.15, 0.2) is 42.6 Å². The summed E-state index contributed by atoms with van der Waals surface area (Å²) in [4.78, 5) is 17.0. The maximum atomic E-state index is 12.5. The Morgan fingerprint density at radius 1 is 1.13 bits per heavy atom. The predicted octanol–water partition coefficient (Wildman–Crippen LogP) is 3.75. The third-order valence-corrected chi connectivity index (χ3v) is 3.73. The van der Waals surface area contributed by atoms with Gasteiger partial charge in [0, 0.05) is 11.1 Å². The number of aromatic nitrogens is 3. The largest absolute Gasteiger partial charge is 0.306 e. The van der Waals surface area contributed by atoms with E-state index in [1.807, 2.05) is 48.0 Å². The Kier molecular flexibility index (Phi) is 3.64. The first-order valence-corrected chi connectivity index (χ1v) is 7.58. The first kappa shape index (κ1) is 15.2. The van der Waals surface area contributed by atoms with Crippen LogP contribution in [0.1, 0.15) is 36.8 Å². The minimum absolute atomic E-state index is 0.163. The lowest BCUT2D eigenvalue weighted by Crippen LogP contribution is -2.25. The van der Waals surface area contributed by atoms with Crippen molar-refractivity contribution in [1.82, 2.24) is 14.8 Å². The summed E-state index contributed by atoms with van der Waals surface area (Å²) >= 11 is 0. The number of benzene rings is 1. The van der Waals surface area contributed by atoms with Crippen molar-refractivity contribution in [2.75, 3.05) is 5.32 Å². The summed E-state index contributed by atoms with van der Waals surface area (Å²) < 4.78 is 1.86. The summed E-state index contributed by atoms with van der Waals surface area (Å²) in [5.41, 5.74) is 2.10. The standard InChI is InChI=1S/C18H20N4O/c1-12-14(11-19-22(12)18(2,3)4)17(23)21-16-10-9-13-7-5-6-8-15(13)20-16/h5-11H,1-4H3,(H,20,21,23). The third kappa shape index (κ3) is 2.95. The molecule has 0 fully saturated rings. The fourth-order valence-electron chi connectivity index (χ4n) is 2.63. The smallest absolute Gasteiger partial charge is 0.260 e. The van der Waals surface area contributed by atoms with Gasteiger partial charge in [0.25, 0.3) is 5.91 Å². The Morgan fingerprint density at radius 3 is 2.57 bits per heavy atom. The molecule has 1 N–H and O–H groups in total. The highest BCUT2D eigenvalue weighted by Gasteiger charge is 2.21. The summed E-state index contributed by atoms with van der Waals surface area (Å²) in [6, 6.07) is 11.6. The number of nitrogens with zero attached hydrogens (tertiary/aromatic N) is 3. The number of rotatable bonds is 2. The van der Waals surface area contributed by atoms with Gasteiger partial charge in [0.1, 0.15) is 5.82 Å². The van der Waals surface area contributed by atoms with Gasteiger partial charge < -0.3 is 5.32 Å². The average Bonchev–Trinajstić information content (AvgIpc) is 2.89. The Hall–Kier alpha value is -2.69. The molecule has 1 amide bonds. The number of pyridine rings is 1. The van der Waals surface area contributed by atoms with Gasteiger partial charge in [-0.25, -0.2) is 4.98 Å². The highest BCUT2D eigenvalue weighted by molar-refractivity contribution is 6.04. The molecular formula is C18H20N4O. The molecule has 118 valence electrons. The van der Waals surface area contributed by atoms with Crippen LogP contribution in [0.5, 0.6) is 0 Å². The van der Waals surface area contributed by atoms with Crippen LogP contribution in [0.25, 0.3) is 10.9 Å². The molecule has 2 aromatic heterocycles. The molecule has 0 aliphatic heterocycles. The van der Waals surface area contributed by atoms with E-state index in [0.29, 0.717) is 11.4 Å². The maximum Gasteiger partial charge on any atom is 0.260 e. The van der Waals surface area contributed by atoms with Crippen LogP contribution >= 0.6 is 0 Å². The molecule has 0 saturated heterocycles. The molecular weight excluding hydrogens is 288 g/mol. The molecule has 0 unspecified atom stereocenters. The van der Waals surface area contributed by atoms with Gasteiger partial charge in [-0.1, -0.05) is 18.2 Å². The molecule has 3 rings (SSSR count). The number of hydrogen-bond donors (Lipinski definition) is 1. The molecule has 0 aliphatic rings. The van der Waals surface area contributed by atoms with E-state index < -0.39 is 0 Å². The van der Waals surface area contributed by atoms with Crippen molar-refractivity contribution in [3.8, 4) is 0 Å². The van der Waals surface area contributed by atoms with E-state index in [4.69, 9.17) is 0 Å². The molecule has 0 aliphatic carbocycles.